The third-order valence-corrected chi connectivity index (χ3v) is 6.59. The van der Waals surface area contributed by atoms with Crippen molar-refractivity contribution in [3.8, 4) is 0 Å². The molecule has 0 aliphatic carbocycles. The first kappa shape index (κ1) is 20.1. The molecule has 4 nitrogen and oxygen atoms in total. The minimum atomic E-state index is -0.263. The van der Waals surface area contributed by atoms with Crippen molar-refractivity contribution in [1.82, 2.24) is 9.47 Å². The van der Waals surface area contributed by atoms with Gasteiger partial charge < -0.3 is 13.9 Å². The van der Waals surface area contributed by atoms with E-state index in [-0.39, 0.29) is 18.0 Å². The molecule has 0 radical (unpaired) electrons. The van der Waals surface area contributed by atoms with Crippen LogP contribution in [0.3, 0.4) is 0 Å². The van der Waals surface area contributed by atoms with E-state index in [0.29, 0.717) is 11.0 Å². The fourth-order valence-corrected chi connectivity index (χ4v) is 5.13. The molecule has 1 aliphatic rings. The average Bonchev–Trinajstić information content (AvgIpc) is 3.12. The molecule has 3 aromatic carbocycles. The zero-order valence-electron chi connectivity index (χ0n) is 17.3. The Bertz CT molecular complexity index is 1460. The number of halogens is 1. The minimum absolute atomic E-state index is 0. The summed E-state index contributed by atoms with van der Waals surface area (Å²) in [5.74, 6) is 0. The Hall–Kier alpha value is -2.82. The Kier molecular flexibility index (Phi) is 5.20. The summed E-state index contributed by atoms with van der Waals surface area (Å²) >= 11 is 0. The zero-order chi connectivity index (χ0) is 20.1. The van der Waals surface area contributed by atoms with Gasteiger partial charge in [-0.05, 0) is 43.5 Å². The second-order valence-corrected chi connectivity index (χ2v) is 8.35. The van der Waals surface area contributed by atoms with Crippen molar-refractivity contribution < 1.29 is 4.42 Å². The van der Waals surface area contributed by atoms with Crippen LogP contribution in [0, 0.1) is 0 Å². The van der Waals surface area contributed by atoms with E-state index >= 15 is 0 Å². The van der Waals surface area contributed by atoms with Gasteiger partial charge in [0.1, 0.15) is 0 Å². The van der Waals surface area contributed by atoms with E-state index in [1.807, 2.05) is 24.3 Å². The average molecular weight is 433 g/mol. The molecule has 0 saturated carbocycles. The molecule has 0 unspecified atom stereocenters. The highest BCUT2D eigenvalue weighted by Gasteiger charge is 2.20. The lowest BCUT2D eigenvalue weighted by Gasteiger charge is -2.26. The number of nitrogens with zero attached hydrogens (tertiary/aromatic N) is 2. The van der Waals surface area contributed by atoms with Crippen molar-refractivity contribution in [1.29, 1.82) is 0 Å². The van der Waals surface area contributed by atoms with Crippen LogP contribution in [0.15, 0.2) is 69.9 Å². The predicted octanol–water partition coefficient (Wildman–Crippen LogP) is 5.96. The molecule has 1 aliphatic heterocycles. The topological polar surface area (TPSA) is 38.4 Å². The van der Waals surface area contributed by atoms with Gasteiger partial charge >= 0.3 is 5.63 Å². The smallest absolute Gasteiger partial charge is 0.344 e. The van der Waals surface area contributed by atoms with Crippen LogP contribution in [-0.2, 0) is 6.54 Å². The number of aromatic nitrogens is 1. The monoisotopic (exact) mass is 432 g/mol. The molecule has 158 valence electrons. The van der Waals surface area contributed by atoms with Crippen LogP contribution in [0.4, 0.5) is 0 Å². The summed E-state index contributed by atoms with van der Waals surface area (Å²) in [6, 6.07) is 20.5. The Labute approximate surface area is 186 Å². The second kappa shape index (κ2) is 8.03. The van der Waals surface area contributed by atoms with Gasteiger partial charge in [0.2, 0.25) is 0 Å². The van der Waals surface area contributed by atoms with Crippen molar-refractivity contribution in [3.05, 3.63) is 71.1 Å². The van der Waals surface area contributed by atoms with Gasteiger partial charge in [-0.25, -0.2) is 4.79 Å². The minimum Gasteiger partial charge on any atom is -0.420 e. The van der Waals surface area contributed by atoms with Crippen molar-refractivity contribution in [2.45, 2.75) is 25.8 Å². The maximum absolute atomic E-state index is 12.7. The highest BCUT2D eigenvalue weighted by atomic mass is 35.5. The van der Waals surface area contributed by atoms with Gasteiger partial charge in [-0.2, -0.15) is 0 Å². The molecule has 5 aromatic rings. The molecular weight excluding hydrogens is 408 g/mol. The van der Waals surface area contributed by atoms with Crippen LogP contribution < -0.4 is 5.63 Å². The molecular formula is C26H25ClN2O2. The number of likely N-dealkylation sites (tertiary alicyclic amines) is 1. The first-order chi connectivity index (χ1) is 14.8. The Morgan fingerprint density at radius 2 is 1.42 bits per heavy atom. The summed E-state index contributed by atoms with van der Waals surface area (Å²) in [4.78, 5) is 15.3. The maximum Gasteiger partial charge on any atom is 0.344 e. The number of hydrogen-bond acceptors (Lipinski definition) is 3. The van der Waals surface area contributed by atoms with Gasteiger partial charge in [0.25, 0.3) is 0 Å². The summed E-state index contributed by atoms with van der Waals surface area (Å²) in [5, 5.41) is 5.06. The van der Waals surface area contributed by atoms with Gasteiger partial charge in [0, 0.05) is 29.2 Å². The molecule has 6 rings (SSSR count). The predicted molar refractivity (Wildman–Crippen MR) is 131 cm³/mol. The van der Waals surface area contributed by atoms with Crippen LogP contribution in [-0.4, -0.2) is 29.1 Å². The fraction of sp³-hybridized carbons (Fsp3) is 0.269. The molecule has 1 saturated heterocycles. The Morgan fingerprint density at radius 3 is 2.23 bits per heavy atom. The van der Waals surface area contributed by atoms with Gasteiger partial charge in [0.15, 0.2) is 5.58 Å². The van der Waals surface area contributed by atoms with Gasteiger partial charge in [-0.3, -0.25) is 0 Å². The van der Waals surface area contributed by atoms with E-state index in [9.17, 15) is 4.79 Å². The Balaban J connectivity index is 0.00000204. The summed E-state index contributed by atoms with van der Waals surface area (Å²) in [7, 11) is 0. The molecule has 3 heterocycles. The van der Waals surface area contributed by atoms with E-state index in [1.165, 1.54) is 48.6 Å². The summed E-state index contributed by atoms with van der Waals surface area (Å²) in [6.45, 7) is 4.24. The Morgan fingerprint density at radius 1 is 0.710 bits per heavy atom. The normalized spacial score (nSPS) is 15.1. The van der Waals surface area contributed by atoms with Crippen LogP contribution in [0.25, 0.3) is 43.5 Å². The number of hydrogen-bond donors (Lipinski definition) is 0. The SMILES string of the molecule is Cl.O=c1oc2c3ccc4ccccc4c3n(CCN3CCCCC3)c2c2ccccc12. The summed E-state index contributed by atoms with van der Waals surface area (Å²) in [6.07, 6.45) is 3.91. The summed E-state index contributed by atoms with van der Waals surface area (Å²) in [5.41, 5.74) is 2.65. The number of benzene rings is 3. The molecule has 0 atom stereocenters. The van der Waals surface area contributed by atoms with Crippen molar-refractivity contribution >= 4 is 56.0 Å². The lowest BCUT2D eigenvalue weighted by Crippen LogP contribution is -2.32. The molecule has 0 bridgehead atoms. The quantitative estimate of drug-likeness (QED) is 0.353. The van der Waals surface area contributed by atoms with Crippen molar-refractivity contribution in [2.75, 3.05) is 19.6 Å². The molecule has 1 fully saturated rings. The molecule has 5 heteroatoms. The van der Waals surface area contributed by atoms with Crippen molar-refractivity contribution in [2.24, 2.45) is 0 Å². The fourth-order valence-electron chi connectivity index (χ4n) is 5.13. The van der Waals surface area contributed by atoms with E-state index in [1.54, 1.807) is 0 Å². The van der Waals surface area contributed by atoms with Gasteiger partial charge in [-0.1, -0.05) is 55.0 Å². The molecule has 31 heavy (non-hydrogen) atoms. The molecule has 0 N–H and O–H groups in total. The maximum atomic E-state index is 12.7. The standard InChI is InChI=1S/C26H24N2O2.ClH/c29-26-21-11-5-4-10-20(21)24-25(30-26)22-13-12-18-8-2-3-9-19(18)23(22)28(24)17-16-27-14-6-1-7-15-27;/h2-5,8-13H,1,6-7,14-17H2;1H. The van der Waals surface area contributed by atoms with Crippen LogP contribution in [0.1, 0.15) is 19.3 Å². The van der Waals surface area contributed by atoms with Gasteiger partial charge in [0.05, 0.1) is 16.4 Å². The number of rotatable bonds is 3. The van der Waals surface area contributed by atoms with E-state index in [0.717, 1.165) is 29.4 Å². The van der Waals surface area contributed by atoms with Crippen LogP contribution in [0.2, 0.25) is 0 Å². The summed E-state index contributed by atoms with van der Waals surface area (Å²) < 4.78 is 8.32. The number of fused-ring (bicyclic) bond motifs is 7. The third-order valence-electron chi connectivity index (χ3n) is 6.59. The van der Waals surface area contributed by atoms with Crippen LogP contribution >= 0.6 is 12.4 Å². The molecule has 2 aromatic heterocycles. The second-order valence-electron chi connectivity index (χ2n) is 8.35. The van der Waals surface area contributed by atoms with Gasteiger partial charge in [-0.15, -0.1) is 12.4 Å². The van der Waals surface area contributed by atoms with Crippen molar-refractivity contribution in [3.63, 3.8) is 0 Å². The van der Waals surface area contributed by atoms with E-state index < -0.39 is 0 Å². The lowest BCUT2D eigenvalue weighted by atomic mass is 10.1. The lowest BCUT2D eigenvalue weighted by molar-refractivity contribution is 0.222. The zero-order valence-corrected chi connectivity index (χ0v) is 18.2. The molecule has 0 amide bonds. The van der Waals surface area contributed by atoms with E-state index in [2.05, 4.69) is 45.9 Å². The number of piperidine rings is 1. The highest BCUT2D eigenvalue weighted by Crippen LogP contribution is 2.36. The highest BCUT2D eigenvalue weighted by molar-refractivity contribution is 6.20. The van der Waals surface area contributed by atoms with E-state index in [4.69, 9.17) is 4.42 Å². The first-order valence-electron chi connectivity index (χ1n) is 10.9. The molecule has 0 spiro atoms. The largest absolute Gasteiger partial charge is 0.420 e. The first-order valence-corrected chi connectivity index (χ1v) is 10.9. The third kappa shape index (κ3) is 3.22. The van der Waals surface area contributed by atoms with Crippen LogP contribution in [0.5, 0.6) is 0 Å².